The van der Waals surface area contributed by atoms with Gasteiger partial charge in [0.05, 0.1) is 0 Å². The molecule has 1 aromatic heterocycles. The van der Waals surface area contributed by atoms with Crippen LogP contribution in [0.15, 0.2) is 34.9 Å². The molecule has 176 valence electrons. The predicted octanol–water partition coefficient (Wildman–Crippen LogP) is 4.32. The van der Waals surface area contributed by atoms with Gasteiger partial charge in [-0.3, -0.25) is 4.79 Å². The lowest BCUT2D eigenvalue weighted by Gasteiger charge is -2.46. The number of alkyl halides is 3. The van der Waals surface area contributed by atoms with Gasteiger partial charge in [-0.05, 0) is 47.5 Å². The Hall–Kier alpha value is -2.88. The van der Waals surface area contributed by atoms with Crippen LogP contribution in [-0.4, -0.2) is 45.4 Å². The Morgan fingerprint density at radius 2 is 1.62 bits per heavy atom. The number of hydrogen-bond donors (Lipinski definition) is 3. The Kier molecular flexibility index (Phi) is 7.39. The first-order valence-corrected chi connectivity index (χ1v) is 10.0. The number of carboxylic acids is 1. The van der Waals surface area contributed by atoms with Crippen molar-refractivity contribution in [1.82, 2.24) is 15.8 Å². The molecule has 0 bridgehead atoms. The minimum Gasteiger partial charge on any atom is -0.475 e. The van der Waals surface area contributed by atoms with Gasteiger partial charge in [-0.25, -0.2) is 4.79 Å². The summed E-state index contributed by atoms with van der Waals surface area (Å²) in [5, 5.41) is 17.9. The third-order valence-electron chi connectivity index (χ3n) is 4.85. The molecule has 7 nitrogen and oxygen atoms in total. The van der Waals surface area contributed by atoms with Crippen LogP contribution in [0.1, 0.15) is 56.7 Å². The van der Waals surface area contributed by atoms with Gasteiger partial charge in [0.25, 0.3) is 5.91 Å². The van der Waals surface area contributed by atoms with Crippen molar-refractivity contribution in [2.75, 3.05) is 0 Å². The van der Waals surface area contributed by atoms with E-state index in [1.807, 2.05) is 31.2 Å². The fraction of sp³-hybridized carbons (Fsp3) is 0.500. The summed E-state index contributed by atoms with van der Waals surface area (Å²) in [5.74, 6) is -2.71. The standard InChI is InChI=1S/C20H27N3O2.C2HF3O2/c1-13-6-8-14(9-7-13)16-10-17(25-22-16)18(24)21-15-11-19(2,3)23-20(4,5)12-15;3-2(4,5)1(6)7/h6-10,15,23H,11-12H2,1-5H3,(H,21,24);(H,6,7). The molecule has 2 aromatic rings. The number of benzene rings is 1. The number of carbonyl (C=O) groups is 2. The average Bonchev–Trinajstić information content (AvgIpc) is 3.09. The van der Waals surface area contributed by atoms with Crippen molar-refractivity contribution in [2.45, 2.75) is 70.8 Å². The van der Waals surface area contributed by atoms with Crippen molar-refractivity contribution in [3.63, 3.8) is 0 Å². The summed E-state index contributed by atoms with van der Waals surface area (Å²) >= 11 is 0. The van der Waals surface area contributed by atoms with E-state index in [-0.39, 0.29) is 28.8 Å². The van der Waals surface area contributed by atoms with Gasteiger partial charge in [-0.15, -0.1) is 0 Å². The van der Waals surface area contributed by atoms with E-state index in [0.717, 1.165) is 18.4 Å². The lowest BCUT2D eigenvalue weighted by atomic mass is 9.79. The molecular weight excluding hydrogens is 427 g/mol. The molecule has 2 heterocycles. The summed E-state index contributed by atoms with van der Waals surface area (Å²) in [6.07, 6.45) is -3.33. The Morgan fingerprint density at radius 1 is 1.12 bits per heavy atom. The largest absolute Gasteiger partial charge is 0.490 e. The Morgan fingerprint density at radius 3 is 2.09 bits per heavy atom. The number of rotatable bonds is 3. The van der Waals surface area contributed by atoms with Crippen LogP contribution >= 0.6 is 0 Å². The lowest BCUT2D eigenvalue weighted by Crippen LogP contribution is -2.62. The van der Waals surface area contributed by atoms with Crippen LogP contribution in [0.5, 0.6) is 0 Å². The van der Waals surface area contributed by atoms with Gasteiger partial charge < -0.3 is 20.3 Å². The highest BCUT2D eigenvalue weighted by molar-refractivity contribution is 5.92. The van der Waals surface area contributed by atoms with Crippen molar-refractivity contribution in [3.05, 3.63) is 41.7 Å². The molecule has 0 saturated carbocycles. The normalized spacial score (nSPS) is 17.8. The van der Waals surface area contributed by atoms with E-state index in [4.69, 9.17) is 14.4 Å². The number of carboxylic acid groups (broad SMARTS) is 1. The molecule has 32 heavy (non-hydrogen) atoms. The van der Waals surface area contributed by atoms with Gasteiger partial charge in [0.1, 0.15) is 5.69 Å². The van der Waals surface area contributed by atoms with E-state index in [0.29, 0.717) is 5.69 Å². The summed E-state index contributed by atoms with van der Waals surface area (Å²) in [6.45, 7) is 10.7. The molecule has 10 heteroatoms. The summed E-state index contributed by atoms with van der Waals surface area (Å²) in [5.41, 5.74) is 2.76. The SMILES string of the molecule is Cc1ccc(-c2cc(C(=O)NC3CC(C)(C)NC(C)(C)C3)on2)cc1.O=C(O)C(F)(F)F. The monoisotopic (exact) mass is 455 g/mol. The van der Waals surface area contributed by atoms with Crippen LogP contribution in [0.4, 0.5) is 13.2 Å². The molecule has 0 unspecified atom stereocenters. The molecule has 1 aromatic carbocycles. The average molecular weight is 455 g/mol. The van der Waals surface area contributed by atoms with E-state index >= 15 is 0 Å². The molecule has 1 amide bonds. The quantitative estimate of drug-likeness (QED) is 0.637. The Labute approximate surface area is 184 Å². The summed E-state index contributed by atoms with van der Waals surface area (Å²) in [4.78, 5) is 21.5. The van der Waals surface area contributed by atoms with Crippen LogP contribution < -0.4 is 10.6 Å². The third kappa shape index (κ3) is 7.37. The first-order valence-electron chi connectivity index (χ1n) is 10.0. The third-order valence-corrected chi connectivity index (χ3v) is 4.85. The van der Waals surface area contributed by atoms with Gasteiger partial charge in [-0.2, -0.15) is 13.2 Å². The van der Waals surface area contributed by atoms with Gasteiger partial charge >= 0.3 is 12.1 Å². The number of aliphatic carboxylic acids is 1. The first-order chi connectivity index (χ1) is 14.6. The highest BCUT2D eigenvalue weighted by Gasteiger charge is 2.39. The fourth-order valence-electron chi connectivity index (χ4n) is 3.92. The van der Waals surface area contributed by atoms with Crippen LogP contribution in [0.2, 0.25) is 0 Å². The second-order valence-electron chi connectivity index (χ2n) is 9.22. The van der Waals surface area contributed by atoms with Crippen LogP contribution in [0.25, 0.3) is 11.3 Å². The number of aryl methyl sites for hydroxylation is 1. The fourth-order valence-corrected chi connectivity index (χ4v) is 3.92. The lowest BCUT2D eigenvalue weighted by molar-refractivity contribution is -0.192. The smallest absolute Gasteiger partial charge is 0.475 e. The molecule has 0 aliphatic carbocycles. The van der Waals surface area contributed by atoms with Gasteiger partial charge in [-0.1, -0.05) is 35.0 Å². The number of amides is 1. The molecule has 0 atom stereocenters. The van der Waals surface area contributed by atoms with E-state index in [1.165, 1.54) is 5.56 Å². The highest BCUT2D eigenvalue weighted by Crippen LogP contribution is 2.29. The Balaban J connectivity index is 0.000000451. The van der Waals surface area contributed by atoms with Crippen LogP contribution in [0.3, 0.4) is 0 Å². The number of piperidine rings is 1. The minimum absolute atomic E-state index is 0.0197. The molecule has 1 saturated heterocycles. The molecule has 0 spiro atoms. The number of nitrogens with zero attached hydrogens (tertiary/aromatic N) is 1. The van der Waals surface area contributed by atoms with Crippen molar-refractivity contribution in [3.8, 4) is 11.3 Å². The van der Waals surface area contributed by atoms with E-state index in [1.54, 1.807) is 6.07 Å². The summed E-state index contributed by atoms with van der Waals surface area (Å²) in [7, 11) is 0. The molecule has 3 N–H and O–H groups in total. The number of nitrogens with one attached hydrogen (secondary N) is 2. The Bertz CT molecular complexity index is 934. The second kappa shape index (κ2) is 9.32. The second-order valence-corrected chi connectivity index (χ2v) is 9.22. The van der Waals surface area contributed by atoms with Gasteiger partial charge in [0, 0.05) is 28.7 Å². The molecule has 3 rings (SSSR count). The number of halogens is 3. The number of carbonyl (C=O) groups excluding carboxylic acids is 1. The van der Waals surface area contributed by atoms with Gasteiger partial charge in [0.15, 0.2) is 0 Å². The molecular formula is C22H28F3N3O4. The van der Waals surface area contributed by atoms with E-state index in [9.17, 15) is 18.0 Å². The van der Waals surface area contributed by atoms with Crippen LogP contribution in [-0.2, 0) is 4.79 Å². The number of hydrogen-bond acceptors (Lipinski definition) is 5. The van der Waals surface area contributed by atoms with Crippen molar-refractivity contribution < 1.29 is 32.4 Å². The zero-order valence-electron chi connectivity index (χ0n) is 18.6. The van der Waals surface area contributed by atoms with Crippen molar-refractivity contribution in [1.29, 1.82) is 0 Å². The molecule has 1 aliphatic rings. The maximum Gasteiger partial charge on any atom is 0.490 e. The minimum atomic E-state index is -5.08. The molecule has 1 aliphatic heterocycles. The summed E-state index contributed by atoms with van der Waals surface area (Å²) in [6, 6.07) is 9.80. The predicted molar refractivity (Wildman–Crippen MR) is 112 cm³/mol. The van der Waals surface area contributed by atoms with Crippen molar-refractivity contribution >= 4 is 11.9 Å². The molecule has 0 radical (unpaired) electrons. The topological polar surface area (TPSA) is 104 Å². The zero-order chi connectivity index (χ0) is 24.3. The van der Waals surface area contributed by atoms with Gasteiger partial charge in [0.2, 0.25) is 5.76 Å². The van der Waals surface area contributed by atoms with E-state index in [2.05, 4.69) is 43.5 Å². The maximum absolute atomic E-state index is 12.6. The first kappa shape index (κ1) is 25.4. The number of aromatic nitrogens is 1. The maximum atomic E-state index is 12.6. The summed E-state index contributed by atoms with van der Waals surface area (Å²) < 4.78 is 37.0. The van der Waals surface area contributed by atoms with Crippen molar-refractivity contribution in [2.24, 2.45) is 0 Å². The van der Waals surface area contributed by atoms with Crippen LogP contribution in [0, 0.1) is 6.92 Å². The highest BCUT2D eigenvalue weighted by atomic mass is 19.4. The molecule has 1 fully saturated rings. The zero-order valence-corrected chi connectivity index (χ0v) is 18.6. The van der Waals surface area contributed by atoms with E-state index < -0.39 is 12.1 Å².